The lowest BCUT2D eigenvalue weighted by Crippen LogP contribution is -2.28. The van der Waals surface area contributed by atoms with Crippen molar-refractivity contribution in [3.8, 4) is 0 Å². The molecule has 0 saturated heterocycles. The summed E-state index contributed by atoms with van der Waals surface area (Å²) < 4.78 is 0. The zero-order chi connectivity index (χ0) is 15.0. The van der Waals surface area contributed by atoms with Gasteiger partial charge in [0.2, 0.25) is 5.91 Å². The third kappa shape index (κ3) is 6.36. The van der Waals surface area contributed by atoms with Crippen LogP contribution in [0.5, 0.6) is 0 Å². The number of aromatic nitrogens is 2. The minimum Gasteiger partial charge on any atom is -0.384 e. The Balaban J connectivity index is 2.39. The van der Waals surface area contributed by atoms with Gasteiger partial charge in [-0.15, -0.1) is 0 Å². The number of nitrogens with one attached hydrogen (secondary N) is 2. The summed E-state index contributed by atoms with van der Waals surface area (Å²) in [6.45, 7) is 7.44. The van der Waals surface area contributed by atoms with Crippen LogP contribution in [0.1, 0.15) is 39.4 Å². The summed E-state index contributed by atoms with van der Waals surface area (Å²) in [6, 6.07) is 1.69. The highest BCUT2D eigenvalue weighted by molar-refractivity contribution is 5.76. The van der Waals surface area contributed by atoms with Gasteiger partial charge < -0.3 is 16.4 Å². The second kappa shape index (κ2) is 8.35. The Morgan fingerprint density at radius 1 is 1.40 bits per heavy atom. The predicted molar refractivity (Wildman–Crippen MR) is 81.4 cm³/mol. The highest BCUT2D eigenvalue weighted by Gasteiger charge is 2.04. The smallest absolute Gasteiger partial charge is 0.221 e. The molecule has 112 valence electrons. The van der Waals surface area contributed by atoms with Crippen molar-refractivity contribution in [2.75, 3.05) is 24.1 Å². The Labute approximate surface area is 120 Å². The molecule has 4 N–H and O–H groups in total. The van der Waals surface area contributed by atoms with Crippen LogP contribution < -0.4 is 16.4 Å². The van der Waals surface area contributed by atoms with Gasteiger partial charge >= 0.3 is 0 Å². The maximum Gasteiger partial charge on any atom is 0.221 e. The molecule has 20 heavy (non-hydrogen) atoms. The largest absolute Gasteiger partial charge is 0.384 e. The number of hydrogen-bond acceptors (Lipinski definition) is 5. The molecule has 0 saturated carbocycles. The average Bonchev–Trinajstić information content (AvgIpc) is 2.36. The zero-order valence-electron chi connectivity index (χ0n) is 12.6. The molecule has 1 rings (SSSR count). The molecule has 0 aliphatic rings. The Kier molecular flexibility index (Phi) is 6.76. The Morgan fingerprint density at radius 3 is 2.80 bits per heavy atom. The predicted octanol–water partition coefficient (Wildman–Crippen LogP) is 1.59. The van der Waals surface area contributed by atoms with E-state index < -0.39 is 0 Å². The summed E-state index contributed by atoms with van der Waals surface area (Å²) in [5.41, 5.74) is 5.73. The summed E-state index contributed by atoms with van der Waals surface area (Å²) in [7, 11) is 0. The second-order valence-electron chi connectivity index (χ2n) is 5.22. The Hall–Kier alpha value is -1.85. The first kappa shape index (κ1) is 16.2. The van der Waals surface area contributed by atoms with E-state index in [1.54, 1.807) is 6.07 Å². The molecule has 0 unspecified atom stereocenters. The molecular weight excluding hydrogens is 254 g/mol. The van der Waals surface area contributed by atoms with Gasteiger partial charge in [0, 0.05) is 32.0 Å². The van der Waals surface area contributed by atoms with Crippen LogP contribution >= 0.6 is 0 Å². The van der Waals surface area contributed by atoms with E-state index >= 15 is 0 Å². The number of rotatable bonds is 8. The topological polar surface area (TPSA) is 92.9 Å². The molecule has 1 aromatic heterocycles. The van der Waals surface area contributed by atoms with Crippen molar-refractivity contribution in [3.63, 3.8) is 0 Å². The number of hydrogen-bond donors (Lipinski definition) is 3. The van der Waals surface area contributed by atoms with Crippen molar-refractivity contribution in [2.24, 2.45) is 5.92 Å². The van der Waals surface area contributed by atoms with Crippen LogP contribution in [0.3, 0.4) is 0 Å². The number of nitrogen functional groups attached to an aromatic ring is 1. The lowest BCUT2D eigenvalue weighted by molar-refractivity contribution is -0.120. The van der Waals surface area contributed by atoms with Crippen LogP contribution in [0.15, 0.2) is 6.07 Å². The summed E-state index contributed by atoms with van der Waals surface area (Å²) in [5.74, 6) is 2.37. The fourth-order valence-corrected chi connectivity index (χ4v) is 1.65. The van der Waals surface area contributed by atoms with E-state index in [0.29, 0.717) is 37.1 Å². The number of aryl methyl sites for hydroxylation is 1. The van der Waals surface area contributed by atoms with Gasteiger partial charge in [-0.1, -0.05) is 20.8 Å². The van der Waals surface area contributed by atoms with E-state index in [2.05, 4.69) is 41.4 Å². The quantitative estimate of drug-likeness (QED) is 0.672. The third-order valence-electron chi connectivity index (χ3n) is 2.63. The minimum absolute atomic E-state index is 0.0435. The third-order valence-corrected chi connectivity index (χ3v) is 2.63. The summed E-state index contributed by atoms with van der Waals surface area (Å²) >= 11 is 0. The van der Waals surface area contributed by atoms with Crippen molar-refractivity contribution < 1.29 is 4.79 Å². The van der Waals surface area contributed by atoms with Gasteiger partial charge in [-0.2, -0.15) is 0 Å². The fraction of sp³-hybridized carbons (Fsp3) is 0.643. The van der Waals surface area contributed by atoms with E-state index in [1.807, 2.05) is 0 Å². The van der Waals surface area contributed by atoms with Crippen molar-refractivity contribution in [1.82, 2.24) is 15.3 Å². The standard InChI is InChI=1S/C14H25N5O/c1-4-5-12-18-11(15)8-13(19-12)16-7-6-14(20)17-9-10(2)3/h8,10H,4-7,9H2,1-3H3,(H,17,20)(H3,15,16,18,19). The highest BCUT2D eigenvalue weighted by atomic mass is 16.1. The molecule has 1 aromatic rings. The van der Waals surface area contributed by atoms with Gasteiger partial charge in [-0.3, -0.25) is 4.79 Å². The first-order valence-corrected chi connectivity index (χ1v) is 7.15. The fourth-order valence-electron chi connectivity index (χ4n) is 1.65. The van der Waals surface area contributed by atoms with Crippen LogP contribution in [0.25, 0.3) is 0 Å². The number of nitrogens with zero attached hydrogens (tertiary/aromatic N) is 2. The molecule has 0 bridgehead atoms. The molecule has 0 aliphatic heterocycles. The molecular formula is C14H25N5O. The molecule has 0 spiro atoms. The first-order chi connectivity index (χ1) is 9.51. The van der Waals surface area contributed by atoms with E-state index in [9.17, 15) is 4.79 Å². The van der Waals surface area contributed by atoms with Crippen LogP contribution in [0, 0.1) is 5.92 Å². The lowest BCUT2D eigenvalue weighted by Gasteiger charge is -2.09. The summed E-state index contributed by atoms with van der Waals surface area (Å²) in [4.78, 5) is 20.1. The van der Waals surface area contributed by atoms with Gasteiger partial charge in [-0.25, -0.2) is 9.97 Å². The van der Waals surface area contributed by atoms with Gasteiger partial charge in [-0.05, 0) is 12.3 Å². The normalized spacial score (nSPS) is 10.6. The Bertz CT molecular complexity index is 434. The van der Waals surface area contributed by atoms with E-state index in [-0.39, 0.29) is 5.91 Å². The van der Waals surface area contributed by atoms with Crippen LogP contribution in [-0.4, -0.2) is 29.0 Å². The Morgan fingerprint density at radius 2 is 2.15 bits per heavy atom. The second-order valence-corrected chi connectivity index (χ2v) is 5.22. The molecule has 0 aromatic carbocycles. The first-order valence-electron chi connectivity index (χ1n) is 7.15. The summed E-state index contributed by atoms with van der Waals surface area (Å²) in [5, 5.41) is 5.99. The van der Waals surface area contributed by atoms with E-state index in [0.717, 1.165) is 18.7 Å². The van der Waals surface area contributed by atoms with Crippen molar-refractivity contribution in [3.05, 3.63) is 11.9 Å². The highest BCUT2D eigenvalue weighted by Crippen LogP contribution is 2.09. The zero-order valence-corrected chi connectivity index (χ0v) is 12.6. The maximum atomic E-state index is 11.6. The molecule has 1 heterocycles. The monoisotopic (exact) mass is 279 g/mol. The van der Waals surface area contributed by atoms with Crippen LogP contribution in [-0.2, 0) is 11.2 Å². The van der Waals surface area contributed by atoms with Gasteiger partial charge in [0.15, 0.2) is 0 Å². The van der Waals surface area contributed by atoms with Crippen molar-refractivity contribution in [2.45, 2.75) is 40.0 Å². The molecule has 0 aliphatic carbocycles. The van der Waals surface area contributed by atoms with Gasteiger partial charge in [0.1, 0.15) is 17.5 Å². The number of anilines is 2. The number of carbonyl (C=O) groups is 1. The maximum absolute atomic E-state index is 11.6. The molecule has 1 amide bonds. The average molecular weight is 279 g/mol. The molecule has 0 atom stereocenters. The van der Waals surface area contributed by atoms with E-state index in [4.69, 9.17) is 5.73 Å². The van der Waals surface area contributed by atoms with Gasteiger partial charge in [0.25, 0.3) is 0 Å². The number of amides is 1. The van der Waals surface area contributed by atoms with Crippen molar-refractivity contribution in [1.29, 1.82) is 0 Å². The van der Waals surface area contributed by atoms with Crippen LogP contribution in [0.2, 0.25) is 0 Å². The minimum atomic E-state index is 0.0435. The summed E-state index contributed by atoms with van der Waals surface area (Å²) in [6.07, 6.45) is 2.19. The SMILES string of the molecule is CCCc1nc(N)cc(NCCC(=O)NCC(C)C)n1. The van der Waals surface area contributed by atoms with Gasteiger partial charge in [0.05, 0.1) is 0 Å². The lowest BCUT2D eigenvalue weighted by atomic mass is 10.2. The number of carbonyl (C=O) groups excluding carboxylic acids is 1. The molecule has 6 nitrogen and oxygen atoms in total. The molecule has 0 radical (unpaired) electrons. The van der Waals surface area contributed by atoms with Crippen LogP contribution in [0.4, 0.5) is 11.6 Å². The van der Waals surface area contributed by atoms with Crippen molar-refractivity contribution >= 4 is 17.5 Å². The van der Waals surface area contributed by atoms with E-state index in [1.165, 1.54) is 0 Å². The molecule has 6 heteroatoms. The molecule has 0 fully saturated rings. The number of nitrogens with two attached hydrogens (primary N) is 1.